The fourth-order valence-corrected chi connectivity index (χ4v) is 1.86. The minimum atomic E-state index is 0.281. The lowest BCUT2D eigenvalue weighted by Crippen LogP contribution is -2.12. The van der Waals surface area contributed by atoms with Crippen molar-refractivity contribution < 1.29 is 0 Å². The van der Waals surface area contributed by atoms with Crippen LogP contribution >= 0.6 is 0 Å². The summed E-state index contributed by atoms with van der Waals surface area (Å²) in [4.78, 5) is 0. The molecule has 2 heterocycles. The fourth-order valence-electron chi connectivity index (χ4n) is 1.86. The summed E-state index contributed by atoms with van der Waals surface area (Å²) in [6.07, 6.45) is 1.69. The monoisotopic (exact) mass is 271 g/mol. The van der Waals surface area contributed by atoms with E-state index in [-0.39, 0.29) is 6.04 Å². The third-order valence-electron chi connectivity index (χ3n) is 3.18. The van der Waals surface area contributed by atoms with E-state index in [0.717, 1.165) is 17.1 Å². The minimum absolute atomic E-state index is 0.281. The molecule has 0 saturated carbocycles. The molecule has 20 heavy (non-hydrogen) atoms. The van der Waals surface area contributed by atoms with Crippen molar-refractivity contribution in [1.82, 2.24) is 25.0 Å². The molecule has 0 bridgehead atoms. The van der Waals surface area contributed by atoms with Crippen LogP contribution in [0.2, 0.25) is 0 Å². The highest BCUT2D eigenvalue weighted by atomic mass is 15.3. The Labute approximate surface area is 117 Å². The quantitative estimate of drug-likeness (QED) is 0.910. The molecule has 0 unspecified atom stereocenters. The molecule has 0 aromatic carbocycles. The van der Waals surface area contributed by atoms with Crippen LogP contribution in [0.4, 0.5) is 5.82 Å². The van der Waals surface area contributed by atoms with Crippen LogP contribution in [0, 0.1) is 25.2 Å². The third-order valence-corrected chi connectivity index (χ3v) is 3.18. The largest absolute Gasteiger partial charge is 0.360 e. The lowest BCUT2D eigenvalue weighted by molar-refractivity contribution is 0.572. The summed E-state index contributed by atoms with van der Waals surface area (Å²) in [5.74, 6) is 1.28. The van der Waals surface area contributed by atoms with Crippen LogP contribution in [-0.4, -0.2) is 25.0 Å². The van der Waals surface area contributed by atoms with Gasteiger partial charge in [-0.15, -0.1) is 15.3 Å². The van der Waals surface area contributed by atoms with Crippen LogP contribution in [0.25, 0.3) is 0 Å². The van der Waals surface area contributed by atoms with E-state index in [2.05, 4.69) is 45.6 Å². The fraction of sp³-hybridized carbons (Fsp3) is 0.462. The summed E-state index contributed by atoms with van der Waals surface area (Å²) in [5.41, 5.74) is 2.13. The van der Waals surface area contributed by atoms with E-state index in [1.165, 1.54) is 0 Å². The van der Waals surface area contributed by atoms with Gasteiger partial charge in [-0.05, 0) is 33.3 Å². The van der Waals surface area contributed by atoms with Crippen molar-refractivity contribution in [2.45, 2.75) is 40.3 Å². The van der Waals surface area contributed by atoms with E-state index in [0.29, 0.717) is 17.9 Å². The highest BCUT2D eigenvalue weighted by Crippen LogP contribution is 2.18. The molecule has 104 valence electrons. The zero-order valence-corrected chi connectivity index (χ0v) is 12.0. The number of hydrogen-bond donors (Lipinski definition) is 1. The topological polar surface area (TPSA) is 92.3 Å². The molecule has 2 aromatic heterocycles. The second-order valence-corrected chi connectivity index (χ2v) is 4.85. The molecule has 0 amide bonds. The van der Waals surface area contributed by atoms with E-state index in [9.17, 15) is 5.26 Å². The first-order chi connectivity index (χ1) is 9.54. The molecule has 7 nitrogen and oxygen atoms in total. The summed E-state index contributed by atoms with van der Waals surface area (Å²) < 4.78 is 1.97. The molecule has 2 aromatic rings. The van der Waals surface area contributed by atoms with E-state index in [1.807, 2.05) is 18.4 Å². The number of aryl methyl sites for hydroxylation is 1. The number of nitrogens with zero attached hydrogens (tertiary/aromatic N) is 6. The summed E-state index contributed by atoms with van der Waals surface area (Å²) in [5, 5.41) is 28.4. The Morgan fingerprint density at radius 3 is 2.70 bits per heavy atom. The third kappa shape index (κ3) is 2.59. The first kappa shape index (κ1) is 13.9. The van der Waals surface area contributed by atoms with Gasteiger partial charge < -0.3 is 9.88 Å². The molecular weight excluding hydrogens is 254 g/mol. The number of aromatic nitrogens is 5. The Kier molecular flexibility index (Phi) is 3.94. The standard InChI is InChI=1S/C13H17N7/c1-8(2)20-7-16-18-12(20)6-15-13-11(5-14)9(3)10(4)17-19-13/h7-8H,6H2,1-4H3,(H,15,19). The summed E-state index contributed by atoms with van der Waals surface area (Å²) >= 11 is 0. The lowest BCUT2D eigenvalue weighted by Gasteiger charge is -2.12. The van der Waals surface area contributed by atoms with Gasteiger partial charge in [-0.1, -0.05) is 0 Å². The summed E-state index contributed by atoms with van der Waals surface area (Å²) in [7, 11) is 0. The minimum Gasteiger partial charge on any atom is -0.360 e. The predicted octanol–water partition coefficient (Wildman–Crippen LogP) is 1.75. The molecule has 0 atom stereocenters. The first-order valence-corrected chi connectivity index (χ1v) is 6.40. The number of nitrogens with one attached hydrogen (secondary N) is 1. The van der Waals surface area contributed by atoms with Gasteiger partial charge in [0.15, 0.2) is 11.6 Å². The molecule has 0 aliphatic carbocycles. The highest BCUT2D eigenvalue weighted by Gasteiger charge is 2.12. The second-order valence-electron chi connectivity index (χ2n) is 4.85. The van der Waals surface area contributed by atoms with Gasteiger partial charge in [0, 0.05) is 6.04 Å². The first-order valence-electron chi connectivity index (χ1n) is 6.40. The van der Waals surface area contributed by atoms with Crippen molar-refractivity contribution in [2.75, 3.05) is 5.32 Å². The van der Waals surface area contributed by atoms with Crippen molar-refractivity contribution in [3.05, 3.63) is 29.0 Å². The smallest absolute Gasteiger partial charge is 0.167 e. The van der Waals surface area contributed by atoms with Gasteiger partial charge in [0.25, 0.3) is 0 Å². The zero-order chi connectivity index (χ0) is 14.7. The Morgan fingerprint density at radius 2 is 2.05 bits per heavy atom. The second kappa shape index (κ2) is 5.65. The van der Waals surface area contributed by atoms with Crippen LogP contribution in [-0.2, 0) is 6.54 Å². The van der Waals surface area contributed by atoms with Crippen LogP contribution in [0.5, 0.6) is 0 Å². The summed E-state index contributed by atoms with van der Waals surface area (Å²) in [6, 6.07) is 2.44. The lowest BCUT2D eigenvalue weighted by atomic mass is 10.1. The normalized spacial score (nSPS) is 10.6. The van der Waals surface area contributed by atoms with E-state index >= 15 is 0 Å². The van der Waals surface area contributed by atoms with Crippen molar-refractivity contribution in [3.63, 3.8) is 0 Å². The molecule has 2 rings (SSSR count). The van der Waals surface area contributed by atoms with Crippen LogP contribution in [0.15, 0.2) is 6.33 Å². The average molecular weight is 271 g/mol. The Bertz CT molecular complexity index is 651. The van der Waals surface area contributed by atoms with Crippen molar-refractivity contribution in [1.29, 1.82) is 5.26 Å². The van der Waals surface area contributed by atoms with E-state index in [4.69, 9.17) is 0 Å². The molecule has 0 aliphatic rings. The van der Waals surface area contributed by atoms with E-state index < -0.39 is 0 Å². The average Bonchev–Trinajstić information content (AvgIpc) is 2.88. The molecule has 1 N–H and O–H groups in total. The Morgan fingerprint density at radius 1 is 1.30 bits per heavy atom. The Hall–Kier alpha value is -2.49. The maximum absolute atomic E-state index is 9.23. The predicted molar refractivity (Wildman–Crippen MR) is 74.0 cm³/mol. The molecule has 0 aliphatic heterocycles. The maximum Gasteiger partial charge on any atom is 0.167 e. The van der Waals surface area contributed by atoms with Crippen molar-refractivity contribution >= 4 is 5.82 Å². The molecular formula is C13H17N7. The number of anilines is 1. The zero-order valence-electron chi connectivity index (χ0n) is 12.0. The SMILES string of the molecule is Cc1nnc(NCc2nncn2C(C)C)c(C#N)c1C. The van der Waals surface area contributed by atoms with Gasteiger partial charge in [-0.2, -0.15) is 10.4 Å². The van der Waals surface area contributed by atoms with Crippen LogP contribution < -0.4 is 5.32 Å². The van der Waals surface area contributed by atoms with Gasteiger partial charge in [-0.25, -0.2) is 0 Å². The summed E-state index contributed by atoms with van der Waals surface area (Å²) in [6.45, 7) is 8.27. The molecule has 0 fully saturated rings. The molecule has 0 spiro atoms. The van der Waals surface area contributed by atoms with Crippen molar-refractivity contribution in [2.24, 2.45) is 0 Å². The molecule has 7 heteroatoms. The van der Waals surface area contributed by atoms with Gasteiger partial charge in [0.2, 0.25) is 0 Å². The number of nitriles is 1. The highest BCUT2D eigenvalue weighted by molar-refractivity contribution is 5.55. The Balaban J connectivity index is 2.22. The van der Waals surface area contributed by atoms with Gasteiger partial charge in [0.1, 0.15) is 18.0 Å². The molecule has 0 saturated heterocycles. The molecule has 0 radical (unpaired) electrons. The van der Waals surface area contributed by atoms with Gasteiger partial charge in [0.05, 0.1) is 12.2 Å². The maximum atomic E-state index is 9.23. The van der Waals surface area contributed by atoms with Gasteiger partial charge >= 0.3 is 0 Å². The van der Waals surface area contributed by atoms with E-state index in [1.54, 1.807) is 6.33 Å². The number of rotatable bonds is 4. The van der Waals surface area contributed by atoms with Crippen molar-refractivity contribution in [3.8, 4) is 6.07 Å². The van der Waals surface area contributed by atoms with Gasteiger partial charge in [-0.3, -0.25) is 0 Å². The van der Waals surface area contributed by atoms with Crippen LogP contribution in [0.3, 0.4) is 0 Å². The number of hydrogen-bond acceptors (Lipinski definition) is 6. The van der Waals surface area contributed by atoms with Crippen LogP contribution in [0.1, 0.15) is 42.5 Å².